The summed E-state index contributed by atoms with van der Waals surface area (Å²) in [6.45, 7) is 0.938. The Kier molecular flexibility index (Phi) is 3.10. The maximum absolute atomic E-state index is 12.4. The summed E-state index contributed by atoms with van der Waals surface area (Å²) in [6, 6.07) is 3.06. The summed E-state index contributed by atoms with van der Waals surface area (Å²) >= 11 is 0. The van der Waals surface area contributed by atoms with E-state index in [1.807, 2.05) is 6.07 Å². The first-order valence-electron chi connectivity index (χ1n) is 3.89. The van der Waals surface area contributed by atoms with E-state index < -0.39 is 18.7 Å². The molecule has 0 aromatic carbocycles. The third kappa shape index (κ3) is 1.86. The van der Waals surface area contributed by atoms with Gasteiger partial charge in [0.05, 0.1) is 17.9 Å². The average Bonchev–Trinajstić information content (AvgIpc) is 2.17. The van der Waals surface area contributed by atoms with E-state index in [4.69, 9.17) is 10.4 Å². The summed E-state index contributed by atoms with van der Waals surface area (Å²) in [6.07, 6.45) is -2.73. The minimum absolute atomic E-state index is 0.00199. The normalized spacial score (nSPS) is 10.3. The first-order valence-corrected chi connectivity index (χ1v) is 3.89. The lowest BCUT2D eigenvalue weighted by Crippen LogP contribution is -2.02. The number of aliphatic hydroxyl groups excluding tert-OH is 1. The molecule has 1 rings (SSSR count). The molecule has 0 bridgehead atoms. The highest BCUT2D eigenvalue weighted by Crippen LogP contribution is 2.22. The zero-order valence-electron chi connectivity index (χ0n) is 7.46. The van der Waals surface area contributed by atoms with Crippen molar-refractivity contribution in [2.24, 2.45) is 0 Å². The number of aliphatic hydroxyl groups is 1. The quantitative estimate of drug-likeness (QED) is 0.786. The highest BCUT2D eigenvalue weighted by Gasteiger charge is 2.16. The molecule has 0 radical (unpaired) electrons. The molecule has 1 N–H and O–H groups in total. The van der Waals surface area contributed by atoms with E-state index >= 15 is 0 Å². The second-order valence-electron chi connectivity index (χ2n) is 2.74. The van der Waals surface area contributed by atoms with Gasteiger partial charge in [-0.3, -0.25) is 4.98 Å². The van der Waals surface area contributed by atoms with E-state index in [0.717, 1.165) is 0 Å². The molecule has 0 aliphatic rings. The molecule has 1 heterocycles. The molecule has 1 aromatic heterocycles. The summed E-state index contributed by atoms with van der Waals surface area (Å²) in [4.78, 5) is 3.58. The van der Waals surface area contributed by atoms with Crippen LogP contribution in [0.25, 0.3) is 0 Å². The Morgan fingerprint density at radius 3 is 2.71 bits per heavy atom. The van der Waals surface area contributed by atoms with Gasteiger partial charge in [0.2, 0.25) is 0 Å². The lowest BCUT2D eigenvalue weighted by atomic mass is 10.1. The summed E-state index contributed by atoms with van der Waals surface area (Å²) in [5.74, 6) is 0. The molecule has 0 spiro atoms. The van der Waals surface area contributed by atoms with Crippen molar-refractivity contribution in [2.75, 3.05) is 0 Å². The number of nitriles is 1. The first kappa shape index (κ1) is 10.5. The highest BCUT2D eigenvalue weighted by atomic mass is 19.3. The average molecular weight is 198 g/mol. The number of hydrogen-bond donors (Lipinski definition) is 1. The molecule has 0 atom stereocenters. The van der Waals surface area contributed by atoms with Gasteiger partial charge in [-0.15, -0.1) is 0 Å². The molecule has 0 aliphatic heterocycles. The van der Waals surface area contributed by atoms with E-state index in [9.17, 15) is 8.78 Å². The molecule has 0 saturated carbocycles. The van der Waals surface area contributed by atoms with E-state index in [1.54, 1.807) is 0 Å². The Hall–Kier alpha value is -1.54. The minimum atomic E-state index is -2.73. The number of aromatic nitrogens is 1. The van der Waals surface area contributed by atoms with Crippen molar-refractivity contribution < 1.29 is 13.9 Å². The van der Waals surface area contributed by atoms with Crippen molar-refractivity contribution in [3.63, 3.8) is 0 Å². The van der Waals surface area contributed by atoms with Crippen molar-refractivity contribution in [3.05, 3.63) is 28.6 Å². The van der Waals surface area contributed by atoms with Crippen LogP contribution in [0.15, 0.2) is 6.07 Å². The van der Waals surface area contributed by atoms with Gasteiger partial charge in [-0.05, 0) is 13.0 Å². The van der Waals surface area contributed by atoms with E-state index in [2.05, 4.69) is 4.98 Å². The molecule has 0 unspecified atom stereocenters. The lowest BCUT2D eigenvalue weighted by molar-refractivity contribution is 0.141. The summed E-state index contributed by atoms with van der Waals surface area (Å²) in [5.41, 5.74) is 0.00426. The van der Waals surface area contributed by atoms with Gasteiger partial charge in [0, 0.05) is 5.56 Å². The van der Waals surface area contributed by atoms with E-state index in [1.165, 1.54) is 13.0 Å². The molecule has 0 amide bonds. The number of hydrogen-bond acceptors (Lipinski definition) is 3. The second kappa shape index (κ2) is 4.11. The third-order valence-corrected chi connectivity index (χ3v) is 1.82. The summed E-state index contributed by atoms with van der Waals surface area (Å²) in [5, 5.41) is 17.4. The van der Waals surface area contributed by atoms with Crippen LogP contribution < -0.4 is 0 Å². The second-order valence-corrected chi connectivity index (χ2v) is 2.74. The van der Waals surface area contributed by atoms with Crippen molar-refractivity contribution in [2.45, 2.75) is 20.0 Å². The Labute approximate surface area is 79.6 Å². The number of rotatable bonds is 2. The fraction of sp³-hybridized carbons (Fsp3) is 0.333. The Balaban J connectivity index is 3.33. The van der Waals surface area contributed by atoms with Gasteiger partial charge in [0.25, 0.3) is 6.43 Å². The fourth-order valence-electron chi connectivity index (χ4n) is 1.09. The predicted octanol–water partition coefficient (Wildman–Crippen LogP) is 1.69. The van der Waals surface area contributed by atoms with Gasteiger partial charge in [-0.25, -0.2) is 8.78 Å². The standard InChI is InChI=1S/C9H8F2N2O/c1-5-6(3-12)2-7(4-14)8(13-5)9(10)11/h2,9,14H,4H2,1H3. The predicted molar refractivity (Wildman–Crippen MR) is 44.6 cm³/mol. The third-order valence-electron chi connectivity index (χ3n) is 1.82. The summed E-state index contributed by atoms with van der Waals surface area (Å²) in [7, 11) is 0. The molecule has 0 saturated heterocycles. The molecule has 14 heavy (non-hydrogen) atoms. The molecular formula is C9H8F2N2O. The van der Waals surface area contributed by atoms with Crippen LogP contribution in [0, 0.1) is 18.3 Å². The zero-order chi connectivity index (χ0) is 10.7. The van der Waals surface area contributed by atoms with Crippen molar-refractivity contribution in [1.29, 1.82) is 5.26 Å². The smallest absolute Gasteiger partial charge is 0.280 e. The molecule has 0 aliphatic carbocycles. The Morgan fingerprint density at radius 2 is 2.29 bits per heavy atom. The highest BCUT2D eigenvalue weighted by molar-refractivity contribution is 5.38. The molecule has 0 fully saturated rings. The molecule has 5 heteroatoms. The monoisotopic (exact) mass is 198 g/mol. The zero-order valence-corrected chi connectivity index (χ0v) is 7.46. The van der Waals surface area contributed by atoms with Crippen LogP contribution in [0.5, 0.6) is 0 Å². The molecule has 3 nitrogen and oxygen atoms in total. The summed E-state index contributed by atoms with van der Waals surface area (Å²) < 4.78 is 24.7. The van der Waals surface area contributed by atoms with Gasteiger partial charge >= 0.3 is 0 Å². The van der Waals surface area contributed by atoms with Gasteiger partial charge < -0.3 is 5.11 Å². The van der Waals surface area contributed by atoms with E-state index in [0.29, 0.717) is 0 Å². The Bertz CT molecular complexity index is 385. The van der Waals surface area contributed by atoms with Gasteiger partial charge in [0.1, 0.15) is 11.8 Å². The maximum Gasteiger partial charge on any atom is 0.280 e. The molecule has 1 aromatic rings. The number of nitrogens with zero attached hydrogens (tertiary/aromatic N) is 2. The number of aryl methyl sites for hydroxylation is 1. The minimum Gasteiger partial charge on any atom is -0.392 e. The topological polar surface area (TPSA) is 56.9 Å². The van der Waals surface area contributed by atoms with Crippen LogP contribution in [0.3, 0.4) is 0 Å². The van der Waals surface area contributed by atoms with Crippen LogP contribution in [0.1, 0.15) is 28.9 Å². The van der Waals surface area contributed by atoms with Crippen LogP contribution >= 0.6 is 0 Å². The first-order chi connectivity index (χ1) is 6.60. The van der Waals surface area contributed by atoms with Crippen LogP contribution in [0.4, 0.5) is 8.78 Å². The molecular weight excluding hydrogens is 190 g/mol. The van der Waals surface area contributed by atoms with E-state index in [-0.39, 0.29) is 16.8 Å². The van der Waals surface area contributed by atoms with Crippen LogP contribution in [0.2, 0.25) is 0 Å². The van der Waals surface area contributed by atoms with Crippen LogP contribution in [-0.2, 0) is 6.61 Å². The maximum atomic E-state index is 12.4. The van der Waals surface area contributed by atoms with Gasteiger partial charge in [-0.2, -0.15) is 5.26 Å². The van der Waals surface area contributed by atoms with Crippen molar-refractivity contribution in [1.82, 2.24) is 4.98 Å². The fourth-order valence-corrected chi connectivity index (χ4v) is 1.09. The number of alkyl halides is 2. The number of pyridine rings is 1. The van der Waals surface area contributed by atoms with Crippen LogP contribution in [-0.4, -0.2) is 10.1 Å². The molecule has 74 valence electrons. The lowest BCUT2D eigenvalue weighted by Gasteiger charge is -2.07. The van der Waals surface area contributed by atoms with Gasteiger partial charge in [-0.1, -0.05) is 0 Å². The number of halogens is 2. The van der Waals surface area contributed by atoms with Gasteiger partial charge in [0.15, 0.2) is 0 Å². The van der Waals surface area contributed by atoms with Crippen molar-refractivity contribution >= 4 is 0 Å². The van der Waals surface area contributed by atoms with Crippen molar-refractivity contribution in [3.8, 4) is 6.07 Å². The Morgan fingerprint density at radius 1 is 1.64 bits per heavy atom. The largest absolute Gasteiger partial charge is 0.392 e. The SMILES string of the molecule is Cc1nc(C(F)F)c(CO)cc1C#N.